The maximum atomic E-state index is 4.66. The van der Waals surface area contributed by atoms with Gasteiger partial charge in [0, 0.05) is 22.9 Å². The van der Waals surface area contributed by atoms with E-state index in [2.05, 4.69) is 57.3 Å². The highest BCUT2D eigenvalue weighted by Gasteiger charge is 2.22. The summed E-state index contributed by atoms with van der Waals surface area (Å²) in [6.45, 7) is 0. The van der Waals surface area contributed by atoms with E-state index in [0.717, 1.165) is 17.4 Å². The highest BCUT2D eigenvalue weighted by molar-refractivity contribution is 9.08. The molecular formula is C13H10BrN. The fraction of sp³-hybridized carbons (Fsp3) is 0.154. The zero-order chi connectivity index (χ0) is 10.3. The number of alkyl halides is 1. The first kappa shape index (κ1) is 9.10. The fourth-order valence-corrected chi connectivity index (χ4v) is 2.60. The first-order valence-electron chi connectivity index (χ1n) is 5.03. The van der Waals surface area contributed by atoms with Gasteiger partial charge in [-0.2, -0.15) is 0 Å². The minimum Gasteiger partial charge on any atom is -0.252 e. The molecule has 3 rings (SSSR count). The predicted molar refractivity (Wildman–Crippen MR) is 67.9 cm³/mol. The van der Waals surface area contributed by atoms with Gasteiger partial charge in [0.25, 0.3) is 0 Å². The number of rotatable bonds is 1. The largest absolute Gasteiger partial charge is 0.252 e. The van der Waals surface area contributed by atoms with Crippen LogP contribution in [0.3, 0.4) is 0 Å². The zero-order valence-corrected chi connectivity index (χ0v) is 9.79. The number of benzene rings is 1. The molecule has 1 aromatic rings. The van der Waals surface area contributed by atoms with Crippen molar-refractivity contribution in [3.63, 3.8) is 0 Å². The molecule has 1 aliphatic carbocycles. The summed E-state index contributed by atoms with van der Waals surface area (Å²) < 4.78 is 0. The van der Waals surface area contributed by atoms with E-state index in [-0.39, 0.29) is 0 Å². The minimum atomic E-state index is 0.889. The molecule has 0 bridgehead atoms. The molecule has 1 aromatic carbocycles. The van der Waals surface area contributed by atoms with Gasteiger partial charge in [0.05, 0.1) is 11.4 Å². The van der Waals surface area contributed by atoms with Crippen LogP contribution in [0.2, 0.25) is 0 Å². The second-order valence-corrected chi connectivity index (χ2v) is 4.28. The summed E-state index contributed by atoms with van der Waals surface area (Å²) in [4.78, 5) is 4.66. The van der Waals surface area contributed by atoms with Crippen LogP contribution in [0.15, 0.2) is 41.4 Å². The normalized spacial score (nSPS) is 16.9. The topological polar surface area (TPSA) is 12.4 Å². The van der Waals surface area contributed by atoms with Crippen molar-refractivity contribution in [1.29, 1.82) is 0 Å². The fourth-order valence-electron chi connectivity index (χ4n) is 2.13. The summed E-state index contributed by atoms with van der Waals surface area (Å²) >= 11 is 3.53. The number of hydrogen-bond donors (Lipinski definition) is 0. The molecule has 2 aliphatic rings. The molecule has 0 N–H and O–H groups in total. The third kappa shape index (κ3) is 1.32. The Bertz CT molecular complexity index is 509. The second-order valence-electron chi connectivity index (χ2n) is 3.72. The van der Waals surface area contributed by atoms with Crippen LogP contribution in [0.4, 0.5) is 5.69 Å². The highest BCUT2D eigenvalue weighted by Crippen LogP contribution is 2.40. The van der Waals surface area contributed by atoms with E-state index < -0.39 is 0 Å². The third-order valence-corrected chi connectivity index (χ3v) is 3.42. The van der Waals surface area contributed by atoms with Crippen molar-refractivity contribution in [3.05, 3.63) is 47.6 Å². The molecule has 0 saturated carbocycles. The average Bonchev–Trinajstić information content (AvgIpc) is 2.67. The monoisotopic (exact) mass is 259 g/mol. The van der Waals surface area contributed by atoms with Crippen LogP contribution in [0, 0.1) is 0 Å². The van der Waals surface area contributed by atoms with E-state index in [9.17, 15) is 0 Å². The molecule has 15 heavy (non-hydrogen) atoms. The highest BCUT2D eigenvalue weighted by atomic mass is 79.9. The first-order chi connectivity index (χ1) is 7.40. The number of hydrogen-bond acceptors (Lipinski definition) is 1. The van der Waals surface area contributed by atoms with Gasteiger partial charge in [-0.3, -0.25) is 4.99 Å². The second kappa shape index (κ2) is 3.46. The summed E-state index contributed by atoms with van der Waals surface area (Å²) in [5, 5.41) is 0.889. The molecule has 1 heterocycles. The molecule has 0 saturated heterocycles. The van der Waals surface area contributed by atoms with Gasteiger partial charge in [-0.1, -0.05) is 46.3 Å². The van der Waals surface area contributed by atoms with Crippen LogP contribution >= 0.6 is 15.9 Å². The van der Waals surface area contributed by atoms with Crippen molar-refractivity contribution in [1.82, 2.24) is 0 Å². The summed E-state index contributed by atoms with van der Waals surface area (Å²) in [5.41, 5.74) is 6.28. The van der Waals surface area contributed by atoms with Crippen molar-refractivity contribution in [2.45, 2.75) is 11.8 Å². The Morgan fingerprint density at radius 3 is 3.13 bits per heavy atom. The van der Waals surface area contributed by atoms with Crippen LogP contribution < -0.4 is 0 Å². The van der Waals surface area contributed by atoms with Crippen LogP contribution in [0.5, 0.6) is 0 Å². The average molecular weight is 260 g/mol. The predicted octanol–water partition coefficient (Wildman–Crippen LogP) is 4.01. The molecule has 0 spiro atoms. The van der Waals surface area contributed by atoms with Crippen LogP contribution in [0.1, 0.15) is 17.5 Å². The molecular weight excluding hydrogens is 250 g/mol. The first-order valence-corrected chi connectivity index (χ1v) is 6.15. The summed E-state index contributed by atoms with van der Waals surface area (Å²) in [6.07, 6.45) is 7.40. The molecule has 1 aliphatic heterocycles. The van der Waals surface area contributed by atoms with Crippen LogP contribution in [0.25, 0.3) is 5.57 Å². The Labute approximate surface area is 97.4 Å². The molecule has 0 fully saturated rings. The van der Waals surface area contributed by atoms with Crippen LogP contribution in [-0.2, 0) is 5.33 Å². The summed E-state index contributed by atoms with van der Waals surface area (Å²) in [6, 6.07) is 6.32. The molecule has 0 radical (unpaired) electrons. The smallest absolute Gasteiger partial charge is 0.0715 e. The van der Waals surface area contributed by atoms with Crippen LogP contribution in [-0.4, -0.2) is 5.71 Å². The van der Waals surface area contributed by atoms with Gasteiger partial charge in [0.2, 0.25) is 0 Å². The van der Waals surface area contributed by atoms with Crippen molar-refractivity contribution >= 4 is 32.9 Å². The molecule has 0 unspecified atom stereocenters. The molecule has 2 heteroatoms. The van der Waals surface area contributed by atoms with Crippen molar-refractivity contribution in [2.24, 2.45) is 4.99 Å². The quantitative estimate of drug-likeness (QED) is 0.676. The molecule has 0 amide bonds. The lowest BCUT2D eigenvalue weighted by Gasteiger charge is -2.09. The summed E-state index contributed by atoms with van der Waals surface area (Å²) in [5.74, 6) is 0. The lowest BCUT2D eigenvalue weighted by Crippen LogP contribution is -1.99. The standard InChI is InChI=1S/C13H10BrN/c14-8-9-4-3-7-12-13(9)10-5-1-2-6-11(10)15-12/h1-5,7H,6,8H2. The minimum absolute atomic E-state index is 0.889. The van der Waals surface area contributed by atoms with Gasteiger partial charge < -0.3 is 0 Å². The maximum absolute atomic E-state index is 4.66. The Kier molecular flexibility index (Phi) is 2.10. The Morgan fingerprint density at radius 1 is 1.33 bits per heavy atom. The van der Waals surface area contributed by atoms with Crippen molar-refractivity contribution < 1.29 is 0 Å². The van der Waals surface area contributed by atoms with Crippen molar-refractivity contribution in [3.8, 4) is 0 Å². The SMILES string of the molecule is BrCc1cccc2c1C1=CC=CCC1=N2. The van der Waals surface area contributed by atoms with E-state index in [1.165, 1.54) is 22.4 Å². The van der Waals surface area contributed by atoms with Gasteiger partial charge in [-0.15, -0.1) is 0 Å². The molecule has 1 nitrogen and oxygen atoms in total. The van der Waals surface area contributed by atoms with E-state index in [0.29, 0.717) is 0 Å². The number of aliphatic imine (C=N–C) groups is 1. The number of nitrogens with zero attached hydrogens (tertiary/aromatic N) is 1. The number of fused-ring (bicyclic) bond motifs is 3. The lowest BCUT2D eigenvalue weighted by molar-refractivity contribution is 1.39. The number of halogens is 1. The number of allylic oxidation sites excluding steroid dienone is 4. The summed E-state index contributed by atoms with van der Waals surface area (Å²) in [7, 11) is 0. The van der Waals surface area contributed by atoms with E-state index in [1.807, 2.05) is 0 Å². The van der Waals surface area contributed by atoms with E-state index in [4.69, 9.17) is 0 Å². The molecule has 0 atom stereocenters. The van der Waals surface area contributed by atoms with E-state index >= 15 is 0 Å². The Morgan fingerprint density at radius 2 is 2.27 bits per heavy atom. The van der Waals surface area contributed by atoms with Gasteiger partial charge in [-0.25, -0.2) is 0 Å². The Hall–Kier alpha value is -1.15. The van der Waals surface area contributed by atoms with Gasteiger partial charge >= 0.3 is 0 Å². The van der Waals surface area contributed by atoms with E-state index in [1.54, 1.807) is 0 Å². The lowest BCUT2D eigenvalue weighted by atomic mass is 9.94. The van der Waals surface area contributed by atoms with Gasteiger partial charge in [0.15, 0.2) is 0 Å². The van der Waals surface area contributed by atoms with Gasteiger partial charge in [0.1, 0.15) is 0 Å². The third-order valence-electron chi connectivity index (χ3n) is 2.82. The molecule has 74 valence electrons. The zero-order valence-electron chi connectivity index (χ0n) is 8.20. The molecule has 0 aromatic heterocycles. The van der Waals surface area contributed by atoms with Crippen molar-refractivity contribution in [2.75, 3.05) is 0 Å². The maximum Gasteiger partial charge on any atom is 0.0715 e. The van der Waals surface area contributed by atoms with Gasteiger partial charge in [-0.05, 0) is 11.6 Å². The Balaban J connectivity index is 2.25.